The fraction of sp³-hybridized carbons (Fsp3) is 0.611. The Kier molecular flexibility index (Phi) is 7.68. The first kappa shape index (κ1) is 18.4. The first-order chi connectivity index (χ1) is 11.7. The summed E-state index contributed by atoms with van der Waals surface area (Å²) in [7, 11) is 3.20. The number of carbonyl (C=O) groups is 1. The summed E-state index contributed by atoms with van der Waals surface area (Å²) >= 11 is 0. The lowest BCUT2D eigenvalue weighted by atomic mass is 9.95. The van der Waals surface area contributed by atoms with Gasteiger partial charge in [-0.1, -0.05) is 6.07 Å². The van der Waals surface area contributed by atoms with Crippen molar-refractivity contribution in [2.75, 3.05) is 34.0 Å². The molecule has 0 spiro atoms. The molecule has 134 valence electrons. The van der Waals surface area contributed by atoms with Gasteiger partial charge in [-0.15, -0.1) is 0 Å². The van der Waals surface area contributed by atoms with E-state index >= 15 is 0 Å². The van der Waals surface area contributed by atoms with E-state index in [-0.39, 0.29) is 6.03 Å². The van der Waals surface area contributed by atoms with E-state index in [0.717, 1.165) is 50.4 Å². The summed E-state index contributed by atoms with van der Waals surface area (Å²) in [4.78, 5) is 11.8. The van der Waals surface area contributed by atoms with Gasteiger partial charge >= 0.3 is 6.03 Å². The van der Waals surface area contributed by atoms with Crippen molar-refractivity contribution in [1.82, 2.24) is 10.6 Å². The molecule has 0 bridgehead atoms. The van der Waals surface area contributed by atoms with Gasteiger partial charge in [-0.25, -0.2) is 4.79 Å². The normalized spacial score (nSPS) is 14.9. The third-order valence-electron chi connectivity index (χ3n) is 4.32. The molecule has 1 aliphatic heterocycles. The van der Waals surface area contributed by atoms with Crippen molar-refractivity contribution in [3.63, 3.8) is 0 Å². The molecule has 6 nitrogen and oxygen atoms in total. The average molecular weight is 336 g/mol. The Bertz CT molecular complexity index is 516. The monoisotopic (exact) mass is 336 g/mol. The molecule has 0 atom stereocenters. The van der Waals surface area contributed by atoms with Crippen molar-refractivity contribution in [2.45, 2.75) is 32.2 Å². The topological polar surface area (TPSA) is 68.8 Å². The maximum atomic E-state index is 11.8. The molecular formula is C18H28N2O4. The predicted molar refractivity (Wildman–Crippen MR) is 92.6 cm³/mol. The van der Waals surface area contributed by atoms with Crippen LogP contribution in [0.2, 0.25) is 0 Å². The summed E-state index contributed by atoms with van der Waals surface area (Å²) in [5, 5.41) is 5.77. The first-order valence-corrected chi connectivity index (χ1v) is 8.53. The third-order valence-corrected chi connectivity index (χ3v) is 4.32. The van der Waals surface area contributed by atoms with Crippen LogP contribution in [0.15, 0.2) is 18.2 Å². The van der Waals surface area contributed by atoms with Gasteiger partial charge in [-0.2, -0.15) is 0 Å². The van der Waals surface area contributed by atoms with E-state index < -0.39 is 0 Å². The maximum Gasteiger partial charge on any atom is 0.315 e. The lowest BCUT2D eigenvalue weighted by Gasteiger charge is -2.21. The van der Waals surface area contributed by atoms with Crippen molar-refractivity contribution in [1.29, 1.82) is 0 Å². The fourth-order valence-electron chi connectivity index (χ4n) is 2.86. The summed E-state index contributed by atoms with van der Waals surface area (Å²) in [6, 6.07) is 5.47. The zero-order valence-electron chi connectivity index (χ0n) is 14.6. The van der Waals surface area contributed by atoms with E-state index in [9.17, 15) is 4.79 Å². The number of methoxy groups -OCH3 is 2. The molecule has 0 saturated carbocycles. The highest BCUT2D eigenvalue weighted by molar-refractivity contribution is 5.73. The fourth-order valence-corrected chi connectivity index (χ4v) is 2.86. The largest absolute Gasteiger partial charge is 0.493 e. The van der Waals surface area contributed by atoms with Crippen molar-refractivity contribution >= 4 is 6.03 Å². The van der Waals surface area contributed by atoms with Gasteiger partial charge in [0.25, 0.3) is 0 Å². The van der Waals surface area contributed by atoms with Crippen LogP contribution in [0.1, 0.15) is 31.2 Å². The predicted octanol–water partition coefficient (Wildman–Crippen LogP) is 2.71. The molecule has 1 heterocycles. The summed E-state index contributed by atoms with van der Waals surface area (Å²) in [6.45, 7) is 2.91. The highest BCUT2D eigenvalue weighted by Crippen LogP contribution is 2.27. The molecule has 0 radical (unpaired) electrons. The SMILES string of the molecule is COc1ccc(CNC(=O)NCCCC2CCOCC2)cc1OC. The van der Waals surface area contributed by atoms with Crippen molar-refractivity contribution in [3.05, 3.63) is 23.8 Å². The molecule has 1 fully saturated rings. The highest BCUT2D eigenvalue weighted by Gasteiger charge is 2.13. The van der Waals surface area contributed by atoms with Crippen molar-refractivity contribution < 1.29 is 19.0 Å². The van der Waals surface area contributed by atoms with Crippen LogP contribution in [0.5, 0.6) is 11.5 Å². The molecule has 0 aromatic heterocycles. The van der Waals surface area contributed by atoms with Gasteiger partial charge in [-0.3, -0.25) is 0 Å². The van der Waals surface area contributed by atoms with E-state index in [1.165, 1.54) is 0 Å². The molecule has 1 aromatic rings. The van der Waals surface area contributed by atoms with E-state index in [1.54, 1.807) is 14.2 Å². The summed E-state index contributed by atoms with van der Waals surface area (Å²) < 4.78 is 15.8. The standard InChI is InChI=1S/C18H28N2O4/c1-22-16-6-5-15(12-17(16)23-2)13-20-18(21)19-9-3-4-14-7-10-24-11-8-14/h5-6,12,14H,3-4,7-11,13H2,1-2H3,(H2,19,20,21). The van der Waals surface area contributed by atoms with E-state index in [0.29, 0.717) is 24.6 Å². The molecule has 2 rings (SSSR count). The van der Waals surface area contributed by atoms with E-state index in [4.69, 9.17) is 14.2 Å². The highest BCUT2D eigenvalue weighted by atomic mass is 16.5. The zero-order chi connectivity index (χ0) is 17.2. The van der Waals surface area contributed by atoms with Gasteiger partial charge in [0, 0.05) is 26.3 Å². The first-order valence-electron chi connectivity index (χ1n) is 8.53. The summed E-state index contributed by atoms with van der Waals surface area (Å²) in [5.41, 5.74) is 0.963. The molecular weight excluding hydrogens is 308 g/mol. The molecule has 1 aliphatic rings. The van der Waals surface area contributed by atoms with Crippen molar-refractivity contribution in [3.8, 4) is 11.5 Å². The molecule has 2 N–H and O–H groups in total. The van der Waals surface area contributed by atoms with Crippen LogP contribution in [0.3, 0.4) is 0 Å². The Hall–Kier alpha value is -1.95. The Morgan fingerprint density at radius 3 is 2.62 bits per heavy atom. The minimum atomic E-state index is -0.142. The molecule has 0 aliphatic carbocycles. The van der Waals surface area contributed by atoms with Crippen LogP contribution >= 0.6 is 0 Å². The van der Waals surface area contributed by atoms with Crippen LogP contribution in [-0.4, -0.2) is 40.0 Å². The molecule has 0 unspecified atom stereocenters. The lowest BCUT2D eigenvalue weighted by Crippen LogP contribution is -2.35. The minimum Gasteiger partial charge on any atom is -0.493 e. The van der Waals surface area contributed by atoms with Crippen LogP contribution in [0.25, 0.3) is 0 Å². The van der Waals surface area contributed by atoms with Gasteiger partial charge in [0.1, 0.15) is 0 Å². The zero-order valence-corrected chi connectivity index (χ0v) is 14.6. The number of carbonyl (C=O) groups excluding carboxylic acids is 1. The number of nitrogens with one attached hydrogen (secondary N) is 2. The molecule has 24 heavy (non-hydrogen) atoms. The van der Waals surface area contributed by atoms with Gasteiger partial charge < -0.3 is 24.8 Å². The quantitative estimate of drug-likeness (QED) is 0.716. The van der Waals surface area contributed by atoms with Crippen LogP contribution in [0.4, 0.5) is 4.79 Å². The Labute approximate surface area is 143 Å². The Morgan fingerprint density at radius 1 is 1.17 bits per heavy atom. The van der Waals surface area contributed by atoms with E-state index in [1.807, 2.05) is 18.2 Å². The number of hydrogen-bond donors (Lipinski definition) is 2. The third kappa shape index (κ3) is 5.92. The number of hydrogen-bond acceptors (Lipinski definition) is 4. The van der Waals surface area contributed by atoms with Crippen LogP contribution < -0.4 is 20.1 Å². The second-order valence-corrected chi connectivity index (χ2v) is 6.00. The smallest absolute Gasteiger partial charge is 0.315 e. The van der Waals surface area contributed by atoms with Gasteiger partial charge in [0.15, 0.2) is 11.5 Å². The second kappa shape index (κ2) is 10.0. The van der Waals surface area contributed by atoms with Gasteiger partial charge in [-0.05, 0) is 49.3 Å². The number of benzene rings is 1. The average Bonchev–Trinajstić information content (AvgIpc) is 2.64. The Morgan fingerprint density at radius 2 is 1.92 bits per heavy atom. The van der Waals surface area contributed by atoms with E-state index in [2.05, 4.69) is 10.6 Å². The Balaban J connectivity index is 1.63. The summed E-state index contributed by atoms with van der Waals surface area (Å²) in [6.07, 6.45) is 4.45. The molecule has 6 heteroatoms. The maximum absolute atomic E-state index is 11.8. The second-order valence-electron chi connectivity index (χ2n) is 6.00. The van der Waals surface area contributed by atoms with Crippen LogP contribution in [-0.2, 0) is 11.3 Å². The molecule has 1 saturated heterocycles. The lowest BCUT2D eigenvalue weighted by molar-refractivity contribution is 0.0634. The minimum absolute atomic E-state index is 0.142. The number of rotatable bonds is 8. The van der Waals surface area contributed by atoms with Crippen molar-refractivity contribution in [2.24, 2.45) is 5.92 Å². The number of urea groups is 1. The molecule has 2 amide bonds. The van der Waals surface area contributed by atoms with Gasteiger partial charge in [0.05, 0.1) is 14.2 Å². The molecule has 1 aromatic carbocycles. The summed E-state index contributed by atoms with van der Waals surface area (Å²) in [5.74, 6) is 2.09. The van der Waals surface area contributed by atoms with Gasteiger partial charge in [0.2, 0.25) is 0 Å². The van der Waals surface area contributed by atoms with Crippen LogP contribution in [0, 0.1) is 5.92 Å². The number of amides is 2. The number of ether oxygens (including phenoxy) is 3.